The van der Waals surface area contributed by atoms with Crippen LogP contribution in [-0.4, -0.2) is 15.0 Å². The number of allylic oxidation sites excluding steroid dienone is 4. The van der Waals surface area contributed by atoms with Crippen molar-refractivity contribution in [3.05, 3.63) is 157 Å². The summed E-state index contributed by atoms with van der Waals surface area (Å²) >= 11 is 0. The van der Waals surface area contributed by atoms with Crippen molar-refractivity contribution in [2.75, 3.05) is 0 Å². The van der Waals surface area contributed by atoms with Crippen molar-refractivity contribution in [2.24, 2.45) is 0 Å². The normalized spacial score (nSPS) is 13.0. The molecule has 0 atom stereocenters. The molecule has 0 N–H and O–H groups in total. The summed E-state index contributed by atoms with van der Waals surface area (Å²) in [5, 5.41) is 4.53. The van der Waals surface area contributed by atoms with Gasteiger partial charge in [0.05, 0.1) is 0 Å². The number of para-hydroxylation sites is 1. The van der Waals surface area contributed by atoms with Crippen LogP contribution in [0.3, 0.4) is 0 Å². The Morgan fingerprint density at radius 3 is 1.96 bits per heavy atom. The molecule has 4 heteroatoms. The molecule has 4 nitrogen and oxygen atoms in total. The monoisotopic (exact) mass is 603 g/mol. The zero-order valence-electron chi connectivity index (χ0n) is 25.6. The van der Waals surface area contributed by atoms with Crippen molar-refractivity contribution in [1.82, 2.24) is 15.0 Å². The molecule has 1 aliphatic rings. The van der Waals surface area contributed by atoms with Crippen molar-refractivity contribution in [3.8, 4) is 45.3 Å². The Kier molecular flexibility index (Phi) is 6.57. The highest BCUT2D eigenvalue weighted by Gasteiger charge is 2.15. The summed E-state index contributed by atoms with van der Waals surface area (Å²) in [4.78, 5) is 15.1. The first kappa shape index (κ1) is 27.2. The van der Waals surface area contributed by atoms with Crippen LogP contribution in [0.25, 0.3) is 83.6 Å². The molecular weight excluding hydrogens is 574 g/mol. The average molecular weight is 604 g/mol. The molecule has 222 valence electrons. The van der Waals surface area contributed by atoms with Gasteiger partial charge in [-0.2, -0.15) is 0 Å². The zero-order valence-corrected chi connectivity index (χ0v) is 25.6. The fraction of sp³-hybridized carbons (Fsp3) is 0.0465. The van der Waals surface area contributed by atoms with E-state index in [4.69, 9.17) is 19.4 Å². The second kappa shape index (κ2) is 11.3. The largest absolute Gasteiger partial charge is 0.456 e. The molecule has 8 aromatic rings. The maximum atomic E-state index is 6.19. The van der Waals surface area contributed by atoms with Crippen LogP contribution in [-0.2, 0) is 0 Å². The predicted molar refractivity (Wildman–Crippen MR) is 193 cm³/mol. The summed E-state index contributed by atoms with van der Waals surface area (Å²) < 4.78 is 6.19. The van der Waals surface area contributed by atoms with Gasteiger partial charge in [0.25, 0.3) is 0 Å². The Bertz CT molecular complexity index is 2520. The number of fused-ring (bicyclic) bond motifs is 4. The lowest BCUT2D eigenvalue weighted by molar-refractivity contribution is 0.669. The second-order valence-electron chi connectivity index (χ2n) is 11.9. The van der Waals surface area contributed by atoms with Crippen LogP contribution < -0.4 is 0 Å². The summed E-state index contributed by atoms with van der Waals surface area (Å²) in [6, 6.07) is 46.2. The van der Waals surface area contributed by atoms with Crippen molar-refractivity contribution in [2.45, 2.75) is 12.8 Å². The van der Waals surface area contributed by atoms with Gasteiger partial charge in [-0.15, -0.1) is 0 Å². The maximum Gasteiger partial charge on any atom is 0.164 e. The molecule has 0 amide bonds. The summed E-state index contributed by atoms with van der Waals surface area (Å²) in [6.07, 6.45) is 8.88. The molecule has 0 radical (unpaired) electrons. The molecule has 0 spiro atoms. The molecule has 0 saturated heterocycles. The Balaban J connectivity index is 1.18. The van der Waals surface area contributed by atoms with Crippen LogP contribution >= 0.6 is 0 Å². The van der Waals surface area contributed by atoms with Crippen molar-refractivity contribution in [1.29, 1.82) is 0 Å². The minimum absolute atomic E-state index is 0.645. The van der Waals surface area contributed by atoms with Gasteiger partial charge in [-0.3, -0.25) is 0 Å². The van der Waals surface area contributed by atoms with E-state index in [-0.39, 0.29) is 0 Å². The molecule has 0 saturated carbocycles. The number of nitrogens with zero attached hydrogens (tertiary/aromatic N) is 3. The highest BCUT2D eigenvalue weighted by atomic mass is 16.3. The van der Waals surface area contributed by atoms with Crippen LogP contribution in [0.5, 0.6) is 0 Å². The van der Waals surface area contributed by atoms with E-state index in [0.717, 1.165) is 73.4 Å². The fourth-order valence-electron chi connectivity index (χ4n) is 6.58. The Labute approximate surface area is 272 Å². The predicted octanol–water partition coefficient (Wildman–Crippen LogP) is 11.3. The topological polar surface area (TPSA) is 51.8 Å². The first-order chi connectivity index (χ1) is 23.3. The third-order valence-corrected chi connectivity index (χ3v) is 8.93. The van der Waals surface area contributed by atoms with Gasteiger partial charge in [-0.25, -0.2) is 15.0 Å². The van der Waals surface area contributed by atoms with E-state index in [9.17, 15) is 0 Å². The minimum Gasteiger partial charge on any atom is -0.456 e. The standard InChI is InChI=1S/C43H29N3O/c1-3-11-28(12-4-1)31-15-9-16-33(25-31)42-44-41(30-13-5-2-6-14-30)45-43(46-42)34-24-22-29-21-23-32(26-35(29)27-34)36-18-10-20-39-40(36)37-17-7-8-19-38(37)47-39/h2-3,5-27H,1,4H2. The summed E-state index contributed by atoms with van der Waals surface area (Å²) in [6.45, 7) is 0. The maximum absolute atomic E-state index is 6.19. The number of benzene rings is 6. The summed E-state index contributed by atoms with van der Waals surface area (Å²) in [5.41, 5.74) is 9.34. The van der Waals surface area contributed by atoms with E-state index >= 15 is 0 Å². The number of furan rings is 1. The van der Waals surface area contributed by atoms with Crippen LogP contribution in [0.4, 0.5) is 0 Å². The first-order valence-electron chi connectivity index (χ1n) is 16.0. The quantitative estimate of drug-likeness (QED) is 0.196. The van der Waals surface area contributed by atoms with Gasteiger partial charge in [0.15, 0.2) is 17.5 Å². The first-order valence-corrected chi connectivity index (χ1v) is 16.0. The fourth-order valence-corrected chi connectivity index (χ4v) is 6.58. The molecule has 47 heavy (non-hydrogen) atoms. The molecular formula is C43H29N3O. The molecule has 0 aliphatic heterocycles. The summed E-state index contributed by atoms with van der Waals surface area (Å²) in [5.74, 6) is 1.95. The molecule has 6 aromatic carbocycles. The third-order valence-electron chi connectivity index (χ3n) is 8.93. The molecule has 0 bridgehead atoms. The van der Waals surface area contributed by atoms with Gasteiger partial charge in [0.2, 0.25) is 0 Å². The molecule has 0 unspecified atom stereocenters. The second-order valence-corrected chi connectivity index (χ2v) is 11.9. The van der Waals surface area contributed by atoms with E-state index < -0.39 is 0 Å². The minimum atomic E-state index is 0.645. The van der Waals surface area contributed by atoms with E-state index in [1.165, 1.54) is 11.1 Å². The highest BCUT2D eigenvalue weighted by Crippen LogP contribution is 2.38. The van der Waals surface area contributed by atoms with Gasteiger partial charge < -0.3 is 4.42 Å². The van der Waals surface area contributed by atoms with E-state index in [2.05, 4.69) is 103 Å². The lowest BCUT2D eigenvalue weighted by Gasteiger charge is -2.12. The molecule has 1 aliphatic carbocycles. The van der Waals surface area contributed by atoms with Gasteiger partial charge in [-0.05, 0) is 76.2 Å². The highest BCUT2D eigenvalue weighted by molar-refractivity contribution is 6.12. The molecule has 2 heterocycles. The van der Waals surface area contributed by atoms with E-state index in [0.29, 0.717) is 17.5 Å². The van der Waals surface area contributed by atoms with Gasteiger partial charge >= 0.3 is 0 Å². The number of rotatable bonds is 5. The zero-order chi connectivity index (χ0) is 31.2. The lowest BCUT2D eigenvalue weighted by atomic mass is 9.96. The van der Waals surface area contributed by atoms with E-state index in [1.54, 1.807) is 0 Å². The van der Waals surface area contributed by atoms with Crippen molar-refractivity contribution in [3.63, 3.8) is 0 Å². The Morgan fingerprint density at radius 2 is 1.13 bits per heavy atom. The Morgan fingerprint density at radius 1 is 0.468 bits per heavy atom. The van der Waals surface area contributed by atoms with Crippen LogP contribution in [0.2, 0.25) is 0 Å². The Hall–Kier alpha value is -6.13. The number of hydrogen-bond donors (Lipinski definition) is 0. The van der Waals surface area contributed by atoms with Crippen LogP contribution in [0, 0.1) is 0 Å². The van der Waals surface area contributed by atoms with Gasteiger partial charge in [0.1, 0.15) is 11.2 Å². The third kappa shape index (κ3) is 5.01. The summed E-state index contributed by atoms with van der Waals surface area (Å²) in [7, 11) is 0. The molecule has 9 rings (SSSR count). The smallest absolute Gasteiger partial charge is 0.164 e. The molecule has 2 aromatic heterocycles. The van der Waals surface area contributed by atoms with Crippen molar-refractivity contribution < 1.29 is 4.42 Å². The van der Waals surface area contributed by atoms with Crippen LogP contribution in [0.15, 0.2) is 156 Å². The van der Waals surface area contributed by atoms with E-state index in [1.807, 2.05) is 48.5 Å². The van der Waals surface area contributed by atoms with Crippen LogP contribution in [0.1, 0.15) is 18.4 Å². The number of hydrogen-bond acceptors (Lipinski definition) is 4. The molecule has 0 fully saturated rings. The lowest BCUT2D eigenvalue weighted by Crippen LogP contribution is -2.00. The SMILES string of the molecule is C1=CC(c2cccc(-c3nc(-c4ccccc4)nc(-c4ccc5ccc(-c6cccc7oc8ccccc8c67)cc5c4)n3)c2)=CCC1. The number of aromatic nitrogens is 3. The van der Waals surface area contributed by atoms with Gasteiger partial charge in [-0.1, -0.05) is 121 Å². The van der Waals surface area contributed by atoms with Gasteiger partial charge in [0, 0.05) is 27.5 Å². The average Bonchev–Trinajstić information content (AvgIpc) is 3.54. The van der Waals surface area contributed by atoms with Crippen molar-refractivity contribution >= 4 is 38.3 Å².